The average Bonchev–Trinajstić information content (AvgIpc) is 3.25. The number of amides is 5. The van der Waals surface area contributed by atoms with Crippen molar-refractivity contribution in [2.75, 3.05) is 45.1 Å². The second-order valence-corrected chi connectivity index (χ2v) is 14.6. The van der Waals surface area contributed by atoms with E-state index in [1.54, 1.807) is 22.1 Å². The van der Waals surface area contributed by atoms with E-state index in [1.165, 1.54) is 0 Å². The highest BCUT2D eigenvalue weighted by atomic mass is 16.6. The van der Waals surface area contributed by atoms with Crippen LogP contribution in [0.15, 0.2) is 72.9 Å². The van der Waals surface area contributed by atoms with E-state index < -0.39 is 30.5 Å². The van der Waals surface area contributed by atoms with Crippen LogP contribution in [0.2, 0.25) is 0 Å². The summed E-state index contributed by atoms with van der Waals surface area (Å²) in [5, 5.41) is 8.84. The van der Waals surface area contributed by atoms with Crippen molar-refractivity contribution >= 4 is 29.9 Å². The van der Waals surface area contributed by atoms with Gasteiger partial charge < -0.3 is 56.2 Å². The Bertz CT molecular complexity index is 1770. The number of benzene rings is 2. The largest absolute Gasteiger partial charge is 0.447 e. The number of nitrogens with zero attached hydrogens (tertiary/aromatic N) is 3. The Morgan fingerprint density at radius 3 is 2.23 bits per heavy atom. The van der Waals surface area contributed by atoms with Gasteiger partial charge in [0.15, 0.2) is 0 Å². The third-order valence-electron chi connectivity index (χ3n) is 10.6. The lowest BCUT2D eigenvalue weighted by atomic mass is 9.96. The molecule has 0 spiro atoms. The zero-order valence-corrected chi connectivity index (χ0v) is 32.2. The van der Waals surface area contributed by atoms with Crippen LogP contribution in [0.25, 0.3) is 0 Å². The van der Waals surface area contributed by atoms with Gasteiger partial charge in [0.25, 0.3) is 0 Å². The molecule has 16 nitrogen and oxygen atoms in total. The molecular formula is C41H54N8O8. The number of likely N-dealkylation sites (tertiary alicyclic amines) is 2. The minimum absolute atomic E-state index is 0.0683. The third kappa shape index (κ3) is 12.3. The predicted octanol–water partition coefficient (Wildman–Crippen LogP) is 3.43. The highest BCUT2D eigenvalue weighted by Crippen LogP contribution is 2.26. The first-order chi connectivity index (χ1) is 27.7. The predicted molar refractivity (Wildman–Crippen MR) is 210 cm³/mol. The Hall–Kier alpha value is -5.45. The van der Waals surface area contributed by atoms with Crippen LogP contribution in [0, 0.1) is 5.92 Å². The molecule has 1 aromatic heterocycles. The number of anilines is 1. The molecule has 0 bridgehead atoms. The van der Waals surface area contributed by atoms with Crippen molar-refractivity contribution in [2.24, 2.45) is 11.7 Å². The maximum absolute atomic E-state index is 13.5. The first kappa shape index (κ1) is 41.2. The van der Waals surface area contributed by atoms with Gasteiger partial charge in [0.05, 0.1) is 13.2 Å². The molecule has 3 atom stereocenters. The van der Waals surface area contributed by atoms with Crippen LogP contribution in [0.3, 0.4) is 0 Å². The van der Waals surface area contributed by atoms with E-state index in [0.29, 0.717) is 83.7 Å². The van der Waals surface area contributed by atoms with E-state index in [4.69, 9.17) is 30.4 Å². The van der Waals surface area contributed by atoms with Crippen LogP contribution < -0.4 is 27.4 Å². The van der Waals surface area contributed by atoms with Crippen LogP contribution in [0.4, 0.5) is 20.2 Å². The van der Waals surface area contributed by atoms with Gasteiger partial charge in [-0.05, 0) is 54.0 Å². The molecule has 3 saturated heterocycles. The van der Waals surface area contributed by atoms with Gasteiger partial charge in [0, 0.05) is 70.4 Å². The second kappa shape index (κ2) is 20.6. The van der Waals surface area contributed by atoms with Crippen LogP contribution >= 0.6 is 0 Å². The van der Waals surface area contributed by atoms with E-state index in [0.717, 1.165) is 22.3 Å². The summed E-state index contributed by atoms with van der Waals surface area (Å²) in [5.41, 5.74) is 15.1. The van der Waals surface area contributed by atoms with Gasteiger partial charge >= 0.3 is 18.2 Å². The summed E-state index contributed by atoms with van der Waals surface area (Å²) >= 11 is 0. The van der Waals surface area contributed by atoms with Crippen molar-refractivity contribution in [1.29, 1.82) is 0 Å². The van der Waals surface area contributed by atoms with E-state index >= 15 is 0 Å². The molecule has 57 heavy (non-hydrogen) atoms. The first-order valence-corrected chi connectivity index (χ1v) is 19.7. The Labute approximate surface area is 332 Å². The van der Waals surface area contributed by atoms with Gasteiger partial charge in [-0.1, -0.05) is 60.7 Å². The number of carbonyl (C=O) groups excluding carboxylic acids is 4. The van der Waals surface area contributed by atoms with E-state index in [2.05, 4.69) is 20.9 Å². The summed E-state index contributed by atoms with van der Waals surface area (Å²) in [6, 6.07) is 20.6. The number of hydrogen-bond acceptors (Lipinski definition) is 11. The number of rotatable bonds is 13. The number of aromatic nitrogens is 1. The van der Waals surface area contributed by atoms with Gasteiger partial charge in [0.1, 0.15) is 30.7 Å². The standard InChI is InChI=1S/C41H54N8O8/c42-22-29-7-4-8-30(21-29)23-46-39(51)47-33-13-18-48(19-14-33)40(52)56-27-35-37(55-26-28-5-2-1-3-6-28)34(15-20-54-35)57-41(53)49-16-11-32(12-17-49)38(50)45-25-31-9-10-36(43)44-24-31/h1-10,21,24,32-35,37H,11-20,22-23,25-27,42H2,(H2,43,44)(H,45,50)(H2,46,47,51)/t34-,35-,37+/m1/s1. The van der Waals surface area contributed by atoms with E-state index in [-0.39, 0.29) is 43.7 Å². The van der Waals surface area contributed by atoms with Crippen molar-refractivity contribution in [1.82, 2.24) is 30.7 Å². The Kier molecular flexibility index (Phi) is 14.9. The molecule has 0 saturated carbocycles. The van der Waals surface area contributed by atoms with Gasteiger partial charge in [-0.3, -0.25) is 4.79 Å². The first-order valence-electron chi connectivity index (χ1n) is 19.7. The van der Waals surface area contributed by atoms with Crippen LogP contribution in [0.5, 0.6) is 0 Å². The number of pyridine rings is 1. The maximum atomic E-state index is 13.5. The zero-order chi connectivity index (χ0) is 40.0. The third-order valence-corrected chi connectivity index (χ3v) is 10.6. The minimum atomic E-state index is -0.701. The lowest BCUT2D eigenvalue weighted by molar-refractivity contribution is -0.178. The fourth-order valence-electron chi connectivity index (χ4n) is 7.22. The minimum Gasteiger partial charge on any atom is -0.447 e. The molecule has 3 aliphatic heterocycles. The zero-order valence-electron chi connectivity index (χ0n) is 32.2. The fourth-order valence-corrected chi connectivity index (χ4v) is 7.22. The van der Waals surface area contributed by atoms with Gasteiger partial charge in [-0.2, -0.15) is 0 Å². The molecule has 5 amide bonds. The highest BCUT2D eigenvalue weighted by Gasteiger charge is 2.40. The summed E-state index contributed by atoms with van der Waals surface area (Å²) in [4.78, 5) is 59.4. The lowest BCUT2D eigenvalue weighted by Gasteiger charge is -2.39. The molecule has 3 fully saturated rings. The highest BCUT2D eigenvalue weighted by molar-refractivity contribution is 5.79. The molecule has 2 aromatic carbocycles. The molecule has 0 unspecified atom stereocenters. The van der Waals surface area contributed by atoms with E-state index in [1.807, 2.05) is 60.7 Å². The molecule has 3 aliphatic rings. The summed E-state index contributed by atoms with van der Waals surface area (Å²) in [5.74, 6) is 0.125. The number of ether oxygens (including phenoxy) is 4. The Morgan fingerprint density at radius 2 is 1.49 bits per heavy atom. The Balaban J connectivity index is 0.957. The molecule has 306 valence electrons. The van der Waals surface area contributed by atoms with Gasteiger partial charge in [-0.25, -0.2) is 19.4 Å². The monoisotopic (exact) mass is 786 g/mol. The summed E-state index contributed by atoms with van der Waals surface area (Å²) in [7, 11) is 0. The van der Waals surface area contributed by atoms with Crippen molar-refractivity contribution < 1.29 is 38.1 Å². The molecule has 0 aliphatic carbocycles. The van der Waals surface area contributed by atoms with Crippen LogP contribution in [0.1, 0.15) is 54.4 Å². The average molecular weight is 787 g/mol. The van der Waals surface area contributed by atoms with Crippen LogP contribution in [-0.2, 0) is 50.0 Å². The summed E-state index contributed by atoms with van der Waals surface area (Å²) in [6.07, 6.45) is 1.21. The molecule has 6 rings (SSSR count). The van der Waals surface area contributed by atoms with Gasteiger partial charge in [0.2, 0.25) is 5.91 Å². The summed E-state index contributed by atoms with van der Waals surface area (Å²) < 4.78 is 24.2. The van der Waals surface area contributed by atoms with E-state index in [9.17, 15) is 19.2 Å². The molecule has 0 radical (unpaired) electrons. The van der Waals surface area contributed by atoms with Gasteiger partial charge in [-0.15, -0.1) is 0 Å². The number of nitrogens with two attached hydrogens (primary N) is 2. The quantitative estimate of drug-likeness (QED) is 0.169. The SMILES string of the molecule is NCc1cccc(CNC(=O)NC2CCN(C(=O)OC[C@H]3OCC[C@@H](OC(=O)N4CCC(C(=O)NCc5ccc(N)nc5)CC4)[C@@H]3OCc3ccccc3)CC2)c1. The Morgan fingerprint density at radius 1 is 0.789 bits per heavy atom. The normalized spacial score (nSPS) is 20.3. The van der Waals surface area contributed by atoms with Crippen LogP contribution in [-0.4, -0.2) is 103 Å². The van der Waals surface area contributed by atoms with Crippen molar-refractivity contribution in [3.63, 3.8) is 0 Å². The summed E-state index contributed by atoms with van der Waals surface area (Å²) in [6.45, 7) is 3.19. The molecule has 4 heterocycles. The number of piperidine rings is 2. The molecule has 16 heteroatoms. The number of hydrogen-bond donors (Lipinski definition) is 5. The molecular weight excluding hydrogens is 732 g/mol. The second-order valence-electron chi connectivity index (χ2n) is 14.6. The number of carbonyl (C=O) groups is 4. The van der Waals surface area contributed by atoms with Crippen molar-refractivity contribution in [3.8, 4) is 0 Å². The van der Waals surface area contributed by atoms with Crippen molar-refractivity contribution in [2.45, 2.75) is 82.7 Å². The smallest absolute Gasteiger partial charge is 0.410 e. The van der Waals surface area contributed by atoms with Crippen molar-refractivity contribution in [3.05, 3.63) is 95.2 Å². The number of urea groups is 1. The molecule has 3 aromatic rings. The number of nitrogen functional groups attached to an aromatic ring is 1. The lowest BCUT2D eigenvalue weighted by Crippen LogP contribution is -2.53. The maximum Gasteiger partial charge on any atom is 0.410 e. The number of nitrogens with one attached hydrogen (secondary N) is 3. The molecule has 7 N–H and O–H groups in total. The fraction of sp³-hybridized carbons (Fsp3) is 0.488. The topological polar surface area (TPSA) is 213 Å².